The first-order valence-corrected chi connectivity index (χ1v) is 6.38. The molecular formula is C14H26O2. The summed E-state index contributed by atoms with van der Waals surface area (Å²) in [6, 6.07) is 0. The monoisotopic (exact) mass is 226 g/mol. The molecule has 0 heterocycles. The number of aliphatic hydroxyl groups excluding tert-OH is 1. The van der Waals surface area contributed by atoms with E-state index in [0.717, 1.165) is 25.7 Å². The number of allylic oxidation sites excluding steroid dienone is 2. The molecule has 0 radical (unpaired) electrons. The Morgan fingerprint density at radius 3 is 2.38 bits per heavy atom. The standard InChI is InChI=1S/C14H26O2/c1-5-7-8-9-10-11(3)14(16)13(6-2)12(4)15/h8-9,11,13-14,16H,5-7,10H2,1-4H3/b9-8+/t11-,13-,14?/m1/s1. The summed E-state index contributed by atoms with van der Waals surface area (Å²) in [4.78, 5) is 11.3. The lowest BCUT2D eigenvalue weighted by molar-refractivity contribution is -0.125. The highest BCUT2D eigenvalue weighted by Crippen LogP contribution is 2.20. The number of unbranched alkanes of at least 4 members (excludes halogenated alkanes) is 1. The van der Waals surface area contributed by atoms with Crippen LogP contribution in [0.4, 0.5) is 0 Å². The highest BCUT2D eigenvalue weighted by molar-refractivity contribution is 5.78. The molecular weight excluding hydrogens is 200 g/mol. The van der Waals surface area contributed by atoms with Gasteiger partial charge in [0.05, 0.1) is 6.10 Å². The summed E-state index contributed by atoms with van der Waals surface area (Å²) < 4.78 is 0. The number of hydrogen-bond acceptors (Lipinski definition) is 2. The van der Waals surface area contributed by atoms with Crippen LogP contribution in [0.1, 0.15) is 53.4 Å². The Bertz CT molecular complexity index is 221. The van der Waals surface area contributed by atoms with E-state index < -0.39 is 6.10 Å². The summed E-state index contributed by atoms with van der Waals surface area (Å²) in [5.74, 6) is 0.0518. The fraction of sp³-hybridized carbons (Fsp3) is 0.786. The maximum absolute atomic E-state index is 11.3. The molecule has 0 bridgehead atoms. The maximum Gasteiger partial charge on any atom is 0.135 e. The van der Waals surface area contributed by atoms with Crippen molar-refractivity contribution in [3.8, 4) is 0 Å². The van der Waals surface area contributed by atoms with E-state index in [9.17, 15) is 9.90 Å². The summed E-state index contributed by atoms with van der Waals surface area (Å²) in [6.45, 7) is 7.67. The SMILES string of the molecule is CCC/C=C/C[C@@H](C)C(O)[C@H](CC)C(C)=O. The largest absolute Gasteiger partial charge is 0.392 e. The average Bonchev–Trinajstić information content (AvgIpc) is 2.24. The zero-order chi connectivity index (χ0) is 12.6. The molecule has 0 fully saturated rings. The lowest BCUT2D eigenvalue weighted by atomic mass is 9.86. The minimum Gasteiger partial charge on any atom is -0.392 e. The van der Waals surface area contributed by atoms with Gasteiger partial charge in [-0.3, -0.25) is 4.79 Å². The Morgan fingerprint density at radius 2 is 1.94 bits per heavy atom. The Kier molecular flexibility index (Phi) is 8.18. The molecule has 0 aliphatic rings. The van der Waals surface area contributed by atoms with Crippen molar-refractivity contribution < 1.29 is 9.90 Å². The van der Waals surface area contributed by atoms with Crippen LogP contribution in [0.3, 0.4) is 0 Å². The van der Waals surface area contributed by atoms with Gasteiger partial charge in [-0.2, -0.15) is 0 Å². The number of carbonyl (C=O) groups is 1. The predicted molar refractivity (Wildman–Crippen MR) is 68.3 cm³/mol. The van der Waals surface area contributed by atoms with E-state index in [1.54, 1.807) is 6.92 Å². The third kappa shape index (κ3) is 5.45. The van der Waals surface area contributed by atoms with E-state index in [1.807, 2.05) is 13.8 Å². The van der Waals surface area contributed by atoms with Gasteiger partial charge in [0.15, 0.2) is 0 Å². The molecule has 2 heteroatoms. The van der Waals surface area contributed by atoms with Gasteiger partial charge in [0.25, 0.3) is 0 Å². The van der Waals surface area contributed by atoms with Crippen LogP contribution >= 0.6 is 0 Å². The zero-order valence-corrected chi connectivity index (χ0v) is 11.1. The van der Waals surface area contributed by atoms with E-state index in [0.29, 0.717) is 0 Å². The van der Waals surface area contributed by atoms with Crippen molar-refractivity contribution in [1.82, 2.24) is 0 Å². The molecule has 0 aromatic heterocycles. The molecule has 1 unspecified atom stereocenters. The smallest absolute Gasteiger partial charge is 0.135 e. The van der Waals surface area contributed by atoms with Crippen molar-refractivity contribution in [2.75, 3.05) is 0 Å². The fourth-order valence-electron chi connectivity index (χ4n) is 1.90. The summed E-state index contributed by atoms with van der Waals surface area (Å²) in [6.07, 6.45) is 7.58. The fourth-order valence-corrected chi connectivity index (χ4v) is 1.90. The Balaban J connectivity index is 4.15. The van der Waals surface area contributed by atoms with E-state index in [1.165, 1.54) is 0 Å². The number of Topliss-reactive ketones (excluding diaryl/α,β-unsaturated/α-hetero) is 1. The first kappa shape index (κ1) is 15.4. The average molecular weight is 226 g/mol. The van der Waals surface area contributed by atoms with Crippen molar-refractivity contribution in [3.05, 3.63) is 12.2 Å². The second kappa shape index (κ2) is 8.51. The first-order chi connectivity index (χ1) is 7.54. The van der Waals surface area contributed by atoms with Crippen molar-refractivity contribution in [1.29, 1.82) is 0 Å². The van der Waals surface area contributed by atoms with Crippen LogP contribution in [0.15, 0.2) is 12.2 Å². The highest BCUT2D eigenvalue weighted by atomic mass is 16.3. The van der Waals surface area contributed by atoms with Gasteiger partial charge in [-0.15, -0.1) is 0 Å². The molecule has 94 valence electrons. The molecule has 0 saturated heterocycles. The maximum atomic E-state index is 11.3. The summed E-state index contributed by atoms with van der Waals surface area (Å²) >= 11 is 0. The Morgan fingerprint density at radius 1 is 1.31 bits per heavy atom. The lowest BCUT2D eigenvalue weighted by Crippen LogP contribution is -2.31. The minimum atomic E-state index is -0.506. The highest BCUT2D eigenvalue weighted by Gasteiger charge is 2.25. The molecule has 0 aromatic rings. The van der Waals surface area contributed by atoms with Gasteiger partial charge in [0.1, 0.15) is 5.78 Å². The van der Waals surface area contributed by atoms with Crippen LogP contribution in [0, 0.1) is 11.8 Å². The molecule has 0 spiro atoms. The van der Waals surface area contributed by atoms with Gasteiger partial charge in [0, 0.05) is 5.92 Å². The molecule has 0 aliphatic carbocycles. The predicted octanol–water partition coefficient (Wildman–Crippen LogP) is 3.35. The summed E-state index contributed by atoms with van der Waals surface area (Å²) in [5, 5.41) is 10.0. The molecule has 2 nitrogen and oxygen atoms in total. The van der Waals surface area contributed by atoms with Crippen LogP contribution in [0.25, 0.3) is 0 Å². The van der Waals surface area contributed by atoms with E-state index >= 15 is 0 Å². The summed E-state index contributed by atoms with van der Waals surface area (Å²) in [7, 11) is 0. The van der Waals surface area contributed by atoms with Gasteiger partial charge in [-0.05, 0) is 32.1 Å². The Labute approximate surface area is 99.7 Å². The molecule has 0 aromatic carbocycles. The van der Waals surface area contributed by atoms with E-state index in [4.69, 9.17) is 0 Å². The number of aliphatic hydroxyl groups is 1. The van der Waals surface area contributed by atoms with Crippen LogP contribution in [-0.4, -0.2) is 17.0 Å². The third-order valence-electron chi connectivity index (χ3n) is 3.09. The topological polar surface area (TPSA) is 37.3 Å². The second-order valence-corrected chi connectivity index (χ2v) is 4.59. The second-order valence-electron chi connectivity index (χ2n) is 4.59. The van der Waals surface area contributed by atoms with Crippen LogP contribution < -0.4 is 0 Å². The normalized spacial score (nSPS) is 17.3. The van der Waals surface area contributed by atoms with E-state index in [-0.39, 0.29) is 17.6 Å². The number of rotatable bonds is 8. The van der Waals surface area contributed by atoms with Crippen LogP contribution in [-0.2, 0) is 4.79 Å². The van der Waals surface area contributed by atoms with Crippen molar-refractivity contribution in [2.24, 2.45) is 11.8 Å². The summed E-state index contributed by atoms with van der Waals surface area (Å²) in [5.41, 5.74) is 0. The quantitative estimate of drug-likeness (QED) is 0.644. The molecule has 3 atom stereocenters. The van der Waals surface area contributed by atoms with Crippen LogP contribution in [0.2, 0.25) is 0 Å². The molecule has 16 heavy (non-hydrogen) atoms. The zero-order valence-electron chi connectivity index (χ0n) is 11.1. The van der Waals surface area contributed by atoms with Gasteiger partial charge < -0.3 is 5.11 Å². The van der Waals surface area contributed by atoms with Crippen molar-refractivity contribution >= 4 is 5.78 Å². The first-order valence-electron chi connectivity index (χ1n) is 6.38. The number of ketones is 1. The molecule has 0 aliphatic heterocycles. The molecule has 0 rings (SSSR count). The van der Waals surface area contributed by atoms with Gasteiger partial charge in [-0.25, -0.2) is 0 Å². The third-order valence-corrected chi connectivity index (χ3v) is 3.09. The van der Waals surface area contributed by atoms with Crippen molar-refractivity contribution in [3.63, 3.8) is 0 Å². The van der Waals surface area contributed by atoms with Gasteiger partial charge in [-0.1, -0.05) is 39.3 Å². The lowest BCUT2D eigenvalue weighted by Gasteiger charge is -2.24. The van der Waals surface area contributed by atoms with Gasteiger partial charge >= 0.3 is 0 Å². The van der Waals surface area contributed by atoms with Crippen LogP contribution in [0.5, 0.6) is 0 Å². The van der Waals surface area contributed by atoms with Crippen molar-refractivity contribution in [2.45, 2.75) is 59.5 Å². The minimum absolute atomic E-state index is 0.0967. The number of hydrogen-bond donors (Lipinski definition) is 1. The van der Waals surface area contributed by atoms with E-state index in [2.05, 4.69) is 19.1 Å². The molecule has 0 saturated carbocycles. The van der Waals surface area contributed by atoms with Gasteiger partial charge in [0.2, 0.25) is 0 Å². The molecule has 1 N–H and O–H groups in total. The Hall–Kier alpha value is -0.630. The number of carbonyl (C=O) groups excluding carboxylic acids is 1. The molecule has 0 amide bonds.